The molecule has 7 heteroatoms. The number of hydrogen-bond donors (Lipinski definition) is 3. The fourth-order valence-corrected chi connectivity index (χ4v) is 3.40. The summed E-state index contributed by atoms with van der Waals surface area (Å²) in [6.45, 7) is -0.0206. The van der Waals surface area contributed by atoms with E-state index in [9.17, 15) is 8.42 Å². The number of ether oxygens (including phenoxy) is 1. The normalized spacial score (nSPS) is 17.5. The highest BCUT2D eigenvalue weighted by atomic mass is 32.2. The Kier molecular flexibility index (Phi) is 3.71. The topological polar surface area (TPSA) is 91.4 Å². The molecule has 112 valence electrons. The molecule has 0 fully saturated rings. The average molecular weight is 308 g/mol. The van der Waals surface area contributed by atoms with Crippen LogP contribution in [0.15, 0.2) is 41.4 Å². The van der Waals surface area contributed by atoms with Gasteiger partial charge in [0.15, 0.2) is 0 Å². The van der Waals surface area contributed by atoms with Gasteiger partial charge in [-0.3, -0.25) is 0 Å². The molecule has 0 saturated heterocycles. The van der Waals surface area contributed by atoms with Crippen LogP contribution in [0.1, 0.15) is 11.3 Å². The minimum atomic E-state index is -3.60. The third-order valence-corrected chi connectivity index (χ3v) is 4.81. The Hall–Kier alpha value is -1.83. The number of aliphatic hydroxyl groups excluding tert-OH is 1. The van der Waals surface area contributed by atoms with Crippen LogP contribution in [0.4, 0.5) is 0 Å². The van der Waals surface area contributed by atoms with Crippen LogP contribution in [-0.2, 0) is 23.1 Å². The van der Waals surface area contributed by atoms with E-state index in [2.05, 4.69) is 9.71 Å². The molecule has 1 atom stereocenters. The van der Waals surface area contributed by atoms with Gasteiger partial charge in [-0.05, 0) is 17.7 Å². The third kappa shape index (κ3) is 2.94. The lowest BCUT2D eigenvalue weighted by Gasteiger charge is -2.11. The lowest BCUT2D eigenvalue weighted by Crippen LogP contribution is -2.34. The van der Waals surface area contributed by atoms with Crippen LogP contribution in [0.5, 0.6) is 5.75 Å². The number of aromatic nitrogens is 1. The molecule has 0 amide bonds. The minimum absolute atomic E-state index is 0.113. The zero-order chi connectivity index (χ0) is 14.9. The Morgan fingerprint density at radius 1 is 1.38 bits per heavy atom. The number of rotatable bonds is 5. The summed E-state index contributed by atoms with van der Waals surface area (Å²) in [5.41, 5.74) is 1.55. The van der Waals surface area contributed by atoms with Crippen LogP contribution in [-0.4, -0.2) is 31.2 Å². The first-order valence-electron chi connectivity index (χ1n) is 6.61. The number of sulfonamides is 1. The smallest absolute Gasteiger partial charge is 0.242 e. The fourth-order valence-electron chi connectivity index (χ4n) is 2.32. The van der Waals surface area contributed by atoms with E-state index in [0.717, 1.165) is 11.3 Å². The van der Waals surface area contributed by atoms with Crippen LogP contribution in [0.25, 0.3) is 0 Å². The maximum atomic E-state index is 12.1. The molecule has 0 bridgehead atoms. The number of hydrogen-bond acceptors (Lipinski definition) is 4. The molecule has 2 aromatic rings. The van der Waals surface area contributed by atoms with Crippen molar-refractivity contribution in [3.8, 4) is 5.75 Å². The maximum absolute atomic E-state index is 12.1. The van der Waals surface area contributed by atoms with Crippen LogP contribution in [0.3, 0.4) is 0 Å². The highest BCUT2D eigenvalue weighted by molar-refractivity contribution is 7.89. The molecular weight excluding hydrogens is 292 g/mol. The SMILES string of the molecule is O=S(=O)(NCC1Cc2ccccc2O1)c1c[nH]c(CO)c1. The molecule has 3 N–H and O–H groups in total. The first-order chi connectivity index (χ1) is 10.1. The van der Waals surface area contributed by atoms with Gasteiger partial charge in [0.2, 0.25) is 10.0 Å². The Labute approximate surface area is 122 Å². The quantitative estimate of drug-likeness (QED) is 0.761. The van der Waals surface area contributed by atoms with E-state index >= 15 is 0 Å². The molecular formula is C14H16N2O4S. The van der Waals surface area contributed by atoms with Crippen LogP contribution in [0, 0.1) is 0 Å². The van der Waals surface area contributed by atoms with E-state index < -0.39 is 10.0 Å². The number of H-pyrrole nitrogens is 1. The van der Waals surface area contributed by atoms with Crippen LogP contribution >= 0.6 is 0 Å². The van der Waals surface area contributed by atoms with Gasteiger partial charge < -0.3 is 14.8 Å². The molecule has 1 aromatic heterocycles. The van der Waals surface area contributed by atoms with Crippen molar-refractivity contribution in [2.75, 3.05) is 6.54 Å². The molecule has 1 unspecified atom stereocenters. The lowest BCUT2D eigenvalue weighted by molar-refractivity contribution is 0.236. The van der Waals surface area contributed by atoms with Gasteiger partial charge in [-0.2, -0.15) is 0 Å². The molecule has 0 spiro atoms. The molecule has 1 aliphatic heterocycles. The van der Waals surface area contributed by atoms with Gasteiger partial charge in [0, 0.05) is 24.9 Å². The summed E-state index contributed by atoms with van der Waals surface area (Å²) in [5.74, 6) is 0.811. The maximum Gasteiger partial charge on any atom is 0.242 e. The van der Waals surface area contributed by atoms with Gasteiger partial charge in [-0.25, -0.2) is 13.1 Å². The van der Waals surface area contributed by atoms with Crippen LogP contribution < -0.4 is 9.46 Å². The first-order valence-corrected chi connectivity index (χ1v) is 8.09. The number of fused-ring (bicyclic) bond motifs is 1. The Morgan fingerprint density at radius 3 is 2.90 bits per heavy atom. The molecule has 0 saturated carbocycles. The molecule has 0 radical (unpaired) electrons. The van der Waals surface area contributed by atoms with Gasteiger partial charge in [0.05, 0.1) is 11.5 Å². The van der Waals surface area contributed by atoms with Crippen molar-refractivity contribution in [3.63, 3.8) is 0 Å². The van der Waals surface area contributed by atoms with E-state index in [4.69, 9.17) is 9.84 Å². The van der Waals surface area contributed by atoms with E-state index in [-0.39, 0.29) is 24.2 Å². The minimum Gasteiger partial charge on any atom is -0.488 e. The third-order valence-electron chi connectivity index (χ3n) is 3.41. The van der Waals surface area contributed by atoms with Crippen molar-refractivity contribution in [1.82, 2.24) is 9.71 Å². The largest absolute Gasteiger partial charge is 0.488 e. The van der Waals surface area contributed by atoms with Gasteiger partial charge >= 0.3 is 0 Å². The number of nitrogens with one attached hydrogen (secondary N) is 2. The Bertz CT molecular complexity index is 714. The van der Waals surface area contributed by atoms with Gasteiger partial charge in [0.1, 0.15) is 11.9 Å². The number of aromatic amines is 1. The molecule has 21 heavy (non-hydrogen) atoms. The highest BCUT2D eigenvalue weighted by Gasteiger charge is 2.25. The van der Waals surface area contributed by atoms with Crippen LogP contribution in [0.2, 0.25) is 0 Å². The average Bonchev–Trinajstić information content (AvgIpc) is 3.11. The zero-order valence-corrected chi connectivity index (χ0v) is 12.1. The number of aliphatic hydroxyl groups is 1. The second kappa shape index (κ2) is 5.51. The first kappa shape index (κ1) is 14.1. The Morgan fingerprint density at radius 2 is 2.19 bits per heavy atom. The van der Waals surface area contributed by atoms with E-state index in [1.165, 1.54) is 12.3 Å². The second-order valence-corrected chi connectivity index (χ2v) is 6.69. The Balaban J connectivity index is 1.63. The summed E-state index contributed by atoms with van der Waals surface area (Å²) in [6, 6.07) is 9.09. The van der Waals surface area contributed by atoms with E-state index in [0.29, 0.717) is 12.1 Å². The van der Waals surface area contributed by atoms with Crippen molar-refractivity contribution in [2.45, 2.75) is 24.0 Å². The van der Waals surface area contributed by atoms with Crippen molar-refractivity contribution in [3.05, 3.63) is 47.8 Å². The number of benzene rings is 1. The summed E-state index contributed by atoms with van der Waals surface area (Å²) in [6.07, 6.45) is 1.85. The molecule has 6 nitrogen and oxygen atoms in total. The van der Waals surface area contributed by atoms with Crippen molar-refractivity contribution >= 4 is 10.0 Å². The highest BCUT2D eigenvalue weighted by Crippen LogP contribution is 2.27. The van der Waals surface area contributed by atoms with Gasteiger partial charge in [-0.15, -0.1) is 0 Å². The summed E-state index contributed by atoms with van der Waals surface area (Å²) < 4.78 is 32.5. The summed E-state index contributed by atoms with van der Waals surface area (Å²) in [5, 5.41) is 8.95. The predicted octanol–water partition coefficient (Wildman–Crippen LogP) is 0.789. The van der Waals surface area contributed by atoms with Crippen molar-refractivity contribution in [2.24, 2.45) is 0 Å². The van der Waals surface area contributed by atoms with E-state index in [1.54, 1.807) is 0 Å². The molecule has 1 aliphatic rings. The van der Waals surface area contributed by atoms with Crippen molar-refractivity contribution < 1.29 is 18.3 Å². The zero-order valence-electron chi connectivity index (χ0n) is 11.2. The lowest BCUT2D eigenvalue weighted by atomic mass is 10.1. The fraction of sp³-hybridized carbons (Fsp3) is 0.286. The standard InChI is InChI=1S/C14H16N2O4S/c17-9-11-6-13(8-15-11)21(18,19)16-7-12-5-10-3-1-2-4-14(10)20-12/h1-4,6,8,12,15-17H,5,7,9H2. The summed E-state index contributed by atoms with van der Waals surface area (Å²) in [7, 11) is -3.60. The van der Waals surface area contributed by atoms with E-state index in [1.807, 2.05) is 24.3 Å². The monoisotopic (exact) mass is 308 g/mol. The molecule has 3 rings (SSSR count). The molecule has 2 heterocycles. The second-order valence-electron chi connectivity index (χ2n) is 4.92. The summed E-state index contributed by atoms with van der Waals surface area (Å²) in [4.78, 5) is 2.82. The van der Waals surface area contributed by atoms with Gasteiger partial charge in [0.25, 0.3) is 0 Å². The predicted molar refractivity (Wildman–Crippen MR) is 76.5 cm³/mol. The molecule has 1 aromatic carbocycles. The number of para-hydroxylation sites is 1. The molecule has 0 aliphatic carbocycles. The summed E-state index contributed by atoms with van der Waals surface area (Å²) >= 11 is 0. The van der Waals surface area contributed by atoms with Crippen molar-refractivity contribution in [1.29, 1.82) is 0 Å². The van der Waals surface area contributed by atoms with Gasteiger partial charge in [-0.1, -0.05) is 18.2 Å².